The number of carbonyl (C=O) groups excluding carboxylic acids is 2. The summed E-state index contributed by atoms with van der Waals surface area (Å²) in [5, 5.41) is 2.89. The molecule has 6 nitrogen and oxygen atoms in total. The van der Waals surface area contributed by atoms with E-state index in [9.17, 15) is 9.59 Å². The zero-order valence-corrected chi connectivity index (χ0v) is 14.4. The third kappa shape index (κ3) is 3.31. The van der Waals surface area contributed by atoms with Crippen LogP contribution in [-0.4, -0.2) is 28.2 Å². The highest BCUT2D eigenvalue weighted by Crippen LogP contribution is 2.24. The molecule has 2 heterocycles. The molecule has 1 atom stereocenters. The maximum atomic E-state index is 12.6. The van der Waals surface area contributed by atoms with Gasteiger partial charge in [-0.1, -0.05) is 30.3 Å². The van der Waals surface area contributed by atoms with Crippen LogP contribution in [0.4, 0.5) is 5.69 Å². The first kappa shape index (κ1) is 16.3. The summed E-state index contributed by atoms with van der Waals surface area (Å²) in [4.78, 5) is 30.8. The van der Waals surface area contributed by atoms with Crippen molar-refractivity contribution in [1.82, 2.24) is 9.88 Å². The van der Waals surface area contributed by atoms with Crippen molar-refractivity contribution >= 4 is 28.6 Å². The van der Waals surface area contributed by atoms with E-state index >= 15 is 0 Å². The van der Waals surface area contributed by atoms with Crippen LogP contribution in [0, 0.1) is 12.8 Å². The molecule has 132 valence electrons. The van der Waals surface area contributed by atoms with Gasteiger partial charge >= 0.3 is 0 Å². The number of likely N-dealkylation sites (tertiary alicyclic amines) is 1. The topological polar surface area (TPSA) is 75.4 Å². The fourth-order valence-corrected chi connectivity index (χ4v) is 3.27. The second-order valence-corrected chi connectivity index (χ2v) is 6.57. The number of benzene rings is 2. The number of carbonyl (C=O) groups is 2. The van der Waals surface area contributed by atoms with Crippen LogP contribution >= 0.6 is 0 Å². The number of aryl methyl sites for hydroxylation is 1. The summed E-state index contributed by atoms with van der Waals surface area (Å²) in [5.41, 5.74) is 3.11. The van der Waals surface area contributed by atoms with Crippen molar-refractivity contribution in [3.05, 3.63) is 60.0 Å². The molecule has 2 amide bonds. The number of aromatic nitrogens is 1. The quantitative estimate of drug-likeness (QED) is 0.785. The second kappa shape index (κ2) is 6.63. The summed E-state index contributed by atoms with van der Waals surface area (Å²) in [6.45, 7) is 2.75. The van der Waals surface area contributed by atoms with E-state index < -0.39 is 0 Å². The first-order valence-corrected chi connectivity index (χ1v) is 8.58. The van der Waals surface area contributed by atoms with Crippen molar-refractivity contribution in [2.24, 2.45) is 5.92 Å². The minimum absolute atomic E-state index is 0.0107. The van der Waals surface area contributed by atoms with Gasteiger partial charge in [0.1, 0.15) is 5.52 Å². The van der Waals surface area contributed by atoms with E-state index in [-0.39, 0.29) is 24.2 Å². The van der Waals surface area contributed by atoms with Crippen molar-refractivity contribution < 1.29 is 14.0 Å². The third-order valence-electron chi connectivity index (χ3n) is 4.56. The Bertz CT molecular complexity index is 965. The Morgan fingerprint density at radius 3 is 2.88 bits per heavy atom. The van der Waals surface area contributed by atoms with Gasteiger partial charge in [-0.15, -0.1) is 0 Å². The molecular formula is C20H19N3O3. The first-order chi connectivity index (χ1) is 12.6. The summed E-state index contributed by atoms with van der Waals surface area (Å²) >= 11 is 0. The predicted molar refractivity (Wildman–Crippen MR) is 97.3 cm³/mol. The summed E-state index contributed by atoms with van der Waals surface area (Å²) in [6.07, 6.45) is 0.240. The summed E-state index contributed by atoms with van der Waals surface area (Å²) in [7, 11) is 0. The number of nitrogens with zero attached hydrogens (tertiary/aromatic N) is 2. The predicted octanol–water partition coefficient (Wildman–Crippen LogP) is 3.12. The van der Waals surface area contributed by atoms with Gasteiger partial charge in [0.05, 0.1) is 5.92 Å². The highest BCUT2D eigenvalue weighted by Gasteiger charge is 2.34. The van der Waals surface area contributed by atoms with Crippen molar-refractivity contribution in [3.8, 4) is 0 Å². The van der Waals surface area contributed by atoms with E-state index in [0.717, 1.165) is 5.56 Å². The van der Waals surface area contributed by atoms with Crippen LogP contribution in [0.3, 0.4) is 0 Å². The Hall–Kier alpha value is -3.15. The average molecular weight is 349 g/mol. The molecule has 1 aliphatic rings. The molecule has 1 saturated heterocycles. The minimum atomic E-state index is -0.346. The van der Waals surface area contributed by atoms with Gasteiger partial charge in [-0.05, 0) is 23.8 Å². The fraction of sp³-hybridized carbons (Fsp3) is 0.250. The fourth-order valence-electron chi connectivity index (χ4n) is 3.27. The van der Waals surface area contributed by atoms with Crippen molar-refractivity contribution in [1.29, 1.82) is 0 Å². The van der Waals surface area contributed by atoms with Gasteiger partial charge in [0.15, 0.2) is 11.5 Å². The number of hydrogen-bond acceptors (Lipinski definition) is 4. The lowest BCUT2D eigenvalue weighted by Gasteiger charge is -2.16. The van der Waals surface area contributed by atoms with Crippen molar-refractivity contribution in [2.75, 3.05) is 11.9 Å². The second-order valence-electron chi connectivity index (χ2n) is 6.57. The van der Waals surface area contributed by atoms with Gasteiger partial charge in [-0.2, -0.15) is 0 Å². The number of oxazole rings is 1. The molecule has 0 radical (unpaired) electrons. The van der Waals surface area contributed by atoms with Gasteiger partial charge in [-0.25, -0.2) is 4.98 Å². The number of fused-ring (bicyclic) bond motifs is 1. The van der Waals surface area contributed by atoms with Gasteiger partial charge < -0.3 is 14.6 Å². The molecule has 0 bridgehead atoms. The van der Waals surface area contributed by atoms with Crippen LogP contribution in [0.25, 0.3) is 11.1 Å². The van der Waals surface area contributed by atoms with Gasteiger partial charge in [0, 0.05) is 32.1 Å². The number of anilines is 1. The Balaban J connectivity index is 1.42. The molecule has 1 aliphatic heterocycles. The lowest BCUT2D eigenvalue weighted by atomic mass is 10.1. The molecule has 1 aromatic heterocycles. The van der Waals surface area contributed by atoms with Crippen molar-refractivity contribution in [3.63, 3.8) is 0 Å². The summed E-state index contributed by atoms with van der Waals surface area (Å²) < 4.78 is 5.44. The normalized spacial score (nSPS) is 17.0. The van der Waals surface area contributed by atoms with E-state index in [4.69, 9.17) is 4.42 Å². The molecule has 0 spiro atoms. The van der Waals surface area contributed by atoms with E-state index in [1.807, 2.05) is 30.3 Å². The monoisotopic (exact) mass is 349 g/mol. The number of nitrogens with one attached hydrogen (secondary N) is 1. The van der Waals surface area contributed by atoms with Crippen LogP contribution in [0.1, 0.15) is 17.9 Å². The van der Waals surface area contributed by atoms with E-state index in [0.29, 0.717) is 35.8 Å². The average Bonchev–Trinajstić information content (AvgIpc) is 3.17. The van der Waals surface area contributed by atoms with Crippen LogP contribution < -0.4 is 5.32 Å². The molecule has 1 N–H and O–H groups in total. The number of hydrogen-bond donors (Lipinski definition) is 1. The van der Waals surface area contributed by atoms with Crippen LogP contribution in [0.2, 0.25) is 0 Å². The van der Waals surface area contributed by atoms with Crippen molar-refractivity contribution in [2.45, 2.75) is 19.9 Å². The standard InChI is InChI=1S/C20H19N3O3/c1-13-21-17-10-16(7-8-18(17)26-13)22-20(25)15-9-19(24)23(12-15)11-14-5-3-2-4-6-14/h2-8,10,15H,9,11-12H2,1H3,(H,22,25)/t15-/m0/s1. The molecule has 2 aromatic carbocycles. The third-order valence-corrected chi connectivity index (χ3v) is 4.56. The zero-order valence-electron chi connectivity index (χ0n) is 14.4. The number of rotatable bonds is 4. The van der Waals surface area contributed by atoms with Gasteiger partial charge in [0.25, 0.3) is 0 Å². The summed E-state index contributed by atoms with van der Waals surface area (Å²) in [6, 6.07) is 15.1. The molecule has 1 fully saturated rings. The van der Waals surface area contributed by atoms with E-state index in [2.05, 4.69) is 10.3 Å². The van der Waals surface area contributed by atoms with Gasteiger partial charge in [0.2, 0.25) is 11.8 Å². The smallest absolute Gasteiger partial charge is 0.229 e. The van der Waals surface area contributed by atoms with Crippen LogP contribution in [0.15, 0.2) is 52.9 Å². The highest BCUT2D eigenvalue weighted by molar-refractivity contribution is 5.98. The maximum Gasteiger partial charge on any atom is 0.229 e. The molecule has 6 heteroatoms. The Kier molecular flexibility index (Phi) is 4.16. The van der Waals surface area contributed by atoms with E-state index in [1.54, 1.807) is 30.0 Å². The largest absolute Gasteiger partial charge is 0.441 e. The molecule has 0 aliphatic carbocycles. The molecule has 4 rings (SSSR count). The van der Waals surface area contributed by atoms with Crippen LogP contribution in [-0.2, 0) is 16.1 Å². The Morgan fingerprint density at radius 1 is 1.27 bits per heavy atom. The SMILES string of the molecule is Cc1nc2cc(NC(=O)[C@H]3CC(=O)N(Cc4ccccc4)C3)ccc2o1. The Labute approximate surface area is 150 Å². The Morgan fingerprint density at radius 2 is 2.08 bits per heavy atom. The molecular weight excluding hydrogens is 330 g/mol. The zero-order chi connectivity index (χ0) is 18.1. The maximum absolute atomic E-state index is 12.6. The lowest BCUT2D eigenvalue weighted by molar-refractivity contribution is -0.128. The molecule has 0 saturated carbocycles. The molecule has 3 aromatic rings. The van der Waals surface area contributed by atoms with Crippen LogP contribution in [0.5, 0.6) is 0 Å². The minimum Gasteiger partial charge on any atom is -0.441 e. The molecule has 0 unspecified atom stereocenters. The highest BCUT2D eigenvalue weighted by atomic mass is 16.3. The molecule has 26 heavy (non-hydrogen) atoms. The number of amides is 2. The van der Waals surface area contributed by atoms with E-state index in [1.165, 1.54) is 0 Å². The van der Waals surface area contributed by atoms with Gasteiger partial charge in [-0.3, -0.25) is 9.59 Å². The first-order valence-electron chi connectivity index (χ1n) is 8.58. The lowest BCUT2D eigenvalue weighted by Crippen LogP contribution is -2.28. The summed E-state index contributed by atoms with van der Waals surface area (Å²) in [5.74, 6) is 0.104.